The highest BCUT2D eigenvalue weighted by atomic mass is 127. The second kappa shape index (κ2) is 8.38. The van der Waals surface area contributed by atoms with Gasteiger partial charge < -0.3 is 15.4 Å². The first-order valence-corrected chi connectivity index (χ1v) is 8.03. The molecule has 2 N–H and O–H groups in total. The lowest BCUT2D eigenvalue weighted by Crippen LogP contribution is -2.50. The molecule has 0 fully saturated rings. The topological polar surface area (TPSA) is 79.8 Å². The maximum absolute atomic E-state index is 11.6. The first-order valence-electron chi connectivity index (χ1n) is 6.14. The highest BCUT2D eigenvalue weighted by Crippen LogP contribution is 2.13. The third-order valence-electron chi connectivity index (χ3n) is 3.14. The molecule has 0 unspecified atom stereocenters. The van der Waals surface area contributed by atoms with Crippen molar-refractivity contribution in [3.63, 3.8) is 0 Å². The Kier molecular flexibility index (Phi) is 9.30. The van der Waals surface area contributed by atoms with Crippen LogP contribution in [0.4, 0.5) is 0 Å². The highest BCUT2D eigenvalue weighted by molar-refractivity contribution is 14.0. The maximum Gasteiger partial charge on any atom is 0.191 e. The summed E-state index contributed by atoms with van der Waals surface area (Å²) in [6, 6.07) is 0. The van der Waals surface area contributed by atoms with Crippen LogP contribution in [0.1, 0.15) is 27.7 Å². The summed E-state index contributed by atoms with van der Waals surface area (Å²) in [6.45, 7) is 8.13. The van der Waals surface area contributed by atoms with Crippen LogP contribution in [0.25, 0.3) is 0 Å². The number of ether oxygens (including phenoxy) is 1. The van der Waals surface area contributed by atoms with E-state index in [2.05, 4.69) is 15.6 Å². The molecule has 0 aromatic heterocycles. The minimum absolute atomic E-state index is 0. The number of rotatable bonds is 6. The smallest absolute Gasteiger partial charge is 0.191 e. The van der Waals surface area contributed by atoms with E-state index in [1.54, 1.807) is 28.0 Å². The van der Waals surface area contributed by atoms with Crippen molar-refractivity contribution >= 4 is 39.8 Å². The van der Waals surface area contributed by atoms with Gasteiger partial charge in [0, 0.05) is 33.5 Å². The summed E-state index contributed by atoms with van der Waals surface area (Å²) < 4.78 is 27.6. The summed E-state index contributed by atoms with van der Waals surface area (Å²) in [7, 11) is 0.161. The quantitative estimate of drug-likeness (QED) is 0.380. The lowest BCUT2D eigenvalue weighted by molar-refractivity contribution is 0.0268. The van der Waals surface area contributed by atoms with Crippen molar-refractivity contribution in [1.29, 1.82) is 0 Å². The second-order valence-corrected chi connectivity index (χ2v) is 8.42. The Bertz CT molecular complexity index is 420. The van der Waals surface area contributed by atoms with Gasteiger partial charge in [0.1, 0.15) is 0 Å². The Labute approximate surface area is 140 Å². The third-order valence-corrected chi connectivity index (χ3v) is 5.29. The number of methoxy groups -OCH3 is 1. The number of guanidine groups is 1. The first-order chi connectivity index (χ1) is 8.45. The fourth-order valence-electron chi connectivity index (χ4n) is 1.02. The van der Waals surface area contributed by atoms with E-state index in [0.29, 0.717) is 19.0 Å². The van der Waals surface area contributed by atoms with Crippen LogP contribution >= 0.6 is 24.0 Å². The molecule has 0 aromatic rings. The van der Waals surface area contributed by atoms with E-state index in [0.717, 1.165) is 0 Å². The van der Waals surface area contributed by atoms with E-state index in [4.69, 9.17) is 4.74 Å². The molecular weight excluding hydrogens is 393 g/mol. The molecule has 0 amide bonds. The Morgan fingerprint density at radius 2 is 1.60 bits per heavy atom. The van der Waals surface area contributed by atoms with E-state index in [1.165, 1.54) is 6.26 Å². The molecular formula is C12H28IN3O3S. The summed E-state index contributed by atoms with van der Waals surface area (Å²) in [4.78, 5) is 4.05. The lowest BCUT2D eigenvalue weighted by atomic mass is 10.1. The van der Waals surface area contributed by atoms with Crippen molar-refractivity contribution in [2.75, 3.05) is 33.5 Å². The largest absolute Gasteiger partial charge is 0.377 e. The minimum Gasteiger partial charge on any atom is -0.377 e. The molecule has 0 spiro atoms. The molecule has 122 valence electrons. The van der Waals surface area contributed by atoms with E-state index in [9.17, 15) is 8.42 Å². The van der Waals surface area contributed by atoms with Crippen LogP contribution in [0.15, 0.2) is 4.99 Å². The van der Waals surface area contributed by atoms with E-state index in [-0.39, 0.29) is 29.6 Å². The van der Waals surface area contributed by atoms with Crippen molar-refractivity contribution < 1.29 is 13.2 Å². The van der Waals surface area contributed by atoms with Gasteiger partial charge in [0.25, 0.3) is 0 Å². The summed E-state index contributed by atoms with van der Waals surface area (Å²) in [5, 5.41) is 6.12. The summed E-state index contributed by atoms with van der Waals surface area (Å²) in [5.74, 6) is 0.557. The van der Waals surface area contributed by atoms with Crippen molar-refractivity contribution in [3.8, 4) is 0 Å². The van der Waals surface area contributed by atoms with Gasteiger partial charge in [-0.2, -0.15) is 0 Å². The maximum atomic E-state index is 11.6. The molecule has 0 saturated heterocycles. The Hall–Kier alpha value is -0.0900. The fourth-order valence-corrected chi connectivity index (χ4v) is 1.35. The van der Waals surface area contributed by atoms with Crippen molar-refractivity contribution in [2.45, 2.75) is 38.0 Å². The van der Waals surface area contributed by atoms with Crippen LogP contribution in [-0.4, -0.2) is 58.2 Å². The van der Waals surface area contributed by atoms with Gasteiger partial charge in [-0.3, -0.25) is 4.99 Å². The van der Waals surface area contributed by atoms with Crippen LogP contribution in [0.2, 0.25) is 0 Å². The second-order valence-electron chi connectivity index (χ2n) is 5.77. The zero-order chi connectivity index (χ0) is 15.3. The molecule has 6 nitrogen and oxygen atoms in total. The first kappa shape index (κ1) is 22.2. The molecule has 0 heterocycles. The fraction of sp³-hybridized carbons (Fsp3) is 0.917. The van der Waals surface area contributed by atoms with E-state index in [1.807, 2.05) is 13.8 Å². The molecule has 0 saturated carbocycles. The third kappa shape index (κ3) is 7.63. The summed E-state index contributed by atoms with van der Waals surface area (Å²) in [5.41, 5.74) is -0.316. The minimum atomic E-state index is -3.12. The van der Waals surface area contributed by atoms with E-state index >= 15 is 0 Å². The monoisotopic (exact) mass is 421 g/mol. The van der Waals surface area contributed by atoms with Gasteiger partial charge in [-0.25, -0.2) is 8.42 Å². The Morgan fingerprint density at radius 3 is 1.95 bits per heavy atom. The highest BCUT2D eigenvalue weighted by Gasteiger charge is 2.30. The standard InChI is InChI=1S/C12H27N3O3S.HI/c1-11(2,18-6)8-14-10(13-5)15-9-12(3,4)19(7,16)17;/h8-9H2,1-7H3,(H2,13,14,15);1H. The molecule has 8 heteroatoms. The Morgan fingerprint density at radius 1 is 1.15 bits per heavy atom. The van der Waals surface area contributed by atoms with Gasteiger partial charge in [-0.05, 0) is 27.7 Å². The van der Waals surface area contributed by atoms with Crippen LogP contribution in [-0.2, 0) is 14.6 Å². The van der Waals surface area contributed by atoms with Gasteiger partial charge in [-0.15, -0.1) is 24.0 Å². The molecule has 0 radical (unpaired) electrons. The predicted molar refractivity (Wildman–Crippen MR) is 94.8 cm³/mol. The van der Waals surface area contributed by atoms with Gasteiger partial charge in [-0.1, -0.05) is 0 Å². The van der Waals surface area contributed by atoms with Gasteiger partial charge in [0.15, 0.2) is 15.8 Å². The number of hydrogen-bond donors (Lipinski definition) is 2. The average molecular weight is 421 g/mol. The van der Waals surface area contributed by atoms with Crippen molar-refractivity contribution in [2.24, 2.45) is 4.99 Å². The van der Waals surface area contributed by atoms with Gasteiger partial charge >= 0.3 is 0 Å². The van der Waals surface area contributed by atoms with Crippen LogP contribution in [0, 0.1) is 0 Å². The molecule has 0 bridgehead atoms. The van der Waals surface area contributed by atoms with E-state index < -0.39 is 14.6 Å². The molecule has 0 rings (SSSR count). The predicted octanol–water partition coefficient (Wildman–Crippen LogP) is 1.02. The number of nitrogens with zero attached hydrogens (tertiary/aromatic N) is 1. The average Bonchev–Trinajstić information content (AvgIpc) is 2.27. The van der Waals surface area contributed by atoms with Crippen molar-refractivity contribution in [1.82, 2.24) is 10.6 Å². The number of halogens is 1. The van der Waals surface area contributed by atoms with Gasteiger partial charge in [0.2, 0.25) is 0 Å². The Balaban J connectivity index is 0. The molecule has 0 aromatic carbocycles. The van der Waals surface area contributed by atoms with Crippen LogP contribution in [0.3, 0.4) is 0 Å². The number of sulfone groups is 1. The molecule has 0 aliphatic heterocycles. The molecule has 20 heavy (non-hydrogen) atoms. The molecule has 0 atom stereocenters. The molecule has 0 aliphatic carbocycles. The summed E-state index contributed by atoms with van der Waals surface area (Å²) in [6.07, 6.45) is 1.24. The van der Waals surface area contributed by atoms with Gasteiger partial charge in [0.05, 0.1) is 10.3 Å². The zero-order valence-electron chi connectivity index (χ0n) is 13.4. The zero-order valence-corrected chi connectivity index (χ0v) is 16.5. The summed E-state index contributed by atoms with van der Waals surface area (Å²) >= 11 is 0. The SMILES string of the molecule is CN=C(NCC(C)(C)OC)NCC(C)(C)S(C)(=O)=O.I. The molecule has 0 aliphatic rings. The number of aliphatic imine (C=N–C) groups is 1. The van der Waals surface area contributed by atoms with Crippen LogP contribution in [0.5, 0.6) is 0 Å². The number of nitrogens with one attached hydrogen (secondary N) is 2. The van der Waals surface area contributed by atoms with Crippen molar-refractivity contribution in [3.05, 3.63) is 0 Å². The normalized spacial score (nSPS) is 13.7. The lowest BCUT2D eigenvalue weighted by Gasteiger charge is -2.27. The van der Waals surface area contributed by atoms with Crippen LogP contribution < -0.4 is 10.6 Å². The number of hydrogen-bond acceptors (Lipinski definition) is 4.